The van der Waals surface area contributed by atoms with Crippen LogP contribution in [0.4, 0.5) is 0 Å². The maximum atomic E-state index is 2.71. The third-order valence-electron chi connectivity index (χ3n) is 5.87. The summed E-state index contributed by atoms with van der Waals surface area (Å²) >= 11 is -0.978. The average Bonchev–Trinajstić information content (AvgIpc) is 3.13. The summed E-state index contributed by atoms with van der Waals surface area (Å²) in [5.74, 6) is 0. The van der Waals surface area contributed by atoms with Crippen LogP contribution in [0.1, 0.15) is 80.1 Å². The molecule has 2 rings (SSSR count). The van der Waals surface area contributed by atoms with Gasteiger partial charge in [0.15, 0.2) is 0 Å². The molecule has 0 aromatic rings. The molecule has 2 aliphatic rings. The third kappa shape index (κ3) is 3.46. The normalized spacial score (nSPS) is 30.0. The van der Waals surface area contributed by atoms with E-state index in [1.165, 1.54) is 38.5 Å². The summed E-state index contributed by atoms with van der Waals surface area (Å²) in [7, 11) is 0. The van der Waals surface area contributed by atoms with E-state index in [9.17, 15) is 0 Å². The van der Waals surface area contributed by atoms with Crippen molar-refractivity contribution in [3.05, 3.63) is 46.6 Å². The van der Waals surface area contributed by atoms with E-state index >= 15 is 0 Å². The van der Waals surface area contributed by atoms with Gasteiger partial charge < -0.3 is 0 Å². The first kappa shape index (κ1) is 19.2. The fourth-order valence-corrected chi connectivity index (χ4v) is 13.2. The van der Waals surface area contributed by atoms with Gasteiger partial charge in [0.1, 0.15) is 0 Å². The van der Waals surface area contributed by atoms with Crippen molar-refractivity contribution in [1.82, 2.24) is 0 Å². The number of rotatable bonds is 8. The molecule has 0 aliphatic heterocycles. The van der Waals surface area contributed by atoms with Crippen LogP contribution in [-0.2, 0) is 22.9 Å². The quantitative estimate of drug-likeness (QED) is 0.317. The number of hydrogen-bond donors (Lipinski definition) is 0. The van der Waals surface area contributed by atoms with Gasteiger partial charge in [0.05, 0.1) is 0 Å². The van der Waals surface area contributed by atoms with Gasteiger partial charge in [-0.15, -0.1) is 0 Å². The Morgan fingerprint density at radius 3 is 1.30 bits per heavy atom. The molecule has 0 radical (unpaired) electrons. The van der Waals surface area contributed by atoms with Gasteiger partial charge in [0.2, 0.25) is 0 Å². The van der Waals surface area contributed by atoms with E-state index in [1.807, 2.05) is 0 Å². The van der Waals surface area contributed by atoms with Gasteiger partial charge in [-0.1, -0.05) is 0 Å². The Kier molecular flexibility index (Phi) is 6.50. The minimum absolute atomic E-state index is 0.476. The van der Waals surface area contributed by atoms with Crippen LogP contribution in [0.25, 0.3) is 0 Å². The van der Waals surface area contributed by atoms with Crippen LogP contribution < -0.4 is 0 Å². The van der Waals surface area contributed by atoms with E-state index in [0.29, 0.717) is 6.34 Å². The van der Waals surface area contributed by atoms with Crippen LogP contribution in [0.3, 0.4) is 0 Å². The number of allylic oxidation sites excluding steroid dienone is 8. The molecular weight excluding hydrogens is 443 g/mol. The van der Waals surface area contributed by atoms with Crippen molar-refractivity contribution in [3.8, 4) is 0 Å². The number of hydrogen-bond acceptors (Lipinski definition) is 0. The van der Waals surface area contributed by atoms with Gasteiger partial charge >= 0.3 is 156 Å². The zero-order chi connectivity index (χ0) is 17.1. The molecular formula is C22H34Hf. The first-order chi connectivity index (χ1) is 11.0. The molecule has 2 unspecified atom stereocenters. The van der Waals surface area contributed by atoms with Gasteiger partial charge in [0.25, 0.3) is 0 Å². The van der Waals surface area contributed by atoms with E-state index in [4.69, 9.17) is 0 Å². The molecule has 2 atom stereocenters. The molecule has 0 aromatic carbocycles. The summed E-state index contributed by atoms with van der Waals surface area (Å²) in [6.07, 6.45) is 18.0. The molecule has 0 heterocycles. The molecule has 2 aliphatic carbocycles. The Bertz CT molecular complexity index is 511. The molecule has 23 heavy (non-hydrogen) atoms. The van der Waals surface area contributed by atoms with Crippen molar-refractivity contribution in [2.24, 2.45) is 0 Å². The van der Waals surface area contributed by atoms with E-state index < -0.39 is 22.9 Å². The zero-order valence-electron chi connectivity index (χ0n) is 16.1. The molecule has 0 aromatic heterocycles. The standard InChI is InChI=1S/2C11H17.Hf/c2*1-4-9-7-10(5-2)11(6-3)8-9;/h2*7-8H,4-6H2,1-3H3;. The molecule has 0 spiro atoms. The summed E-state index contributed by atoms with van der Waals surface area (Å²) in [6.45, 7) is 14.2. The Hall–Kier alpha value is -0.170. The average molecular weight is 477 g/mol. The van der Waals surface area contributed by atoms with Crippen molar-refractivity contribution in [2.45, 2.75) is 86.4 Å². The summed E-state index contributed by atoms with van der Waals surface area (Å²) in [5, 5.41) is 0. The second-order valence-corrected chi connectivity index (χ2v) is 14.3. The van der Waals surface area contributed by atoms with Gasteiger partial charge in [-0.3, -0.25) is 0 Å². The summed E-state index contributed by atoms with van der Waals surface area (Å²) in [5.41, 5.74) is 6.70. The van der Waals surface area contributed by atoms with E-state index in [-0.39, 0.29) is 0 Å². The third-order valence-corrected chi connectivity index (χ3v) is 15.0. The Balaban J connectivity index is 2.45. The maximum absolute atomic E-state index is 2.71. The van der Waals surface area contributed by atoms with E-state index in [0.717, 1.165) is 0 Å². The molecule has 0 N–H and O–H groups in total. The molecule has 0 amide bonds. The fraction of sp³-hybridized carbons (Fsp3) is 0.636. The SMILES string of the molecule is CCC1=C[C](CC)([Hf][C]2(CC)C=C(CC)C=C2CC)C(CC)=C1. The topological polar surface area (TPSA) is 0 Å². The molecule has 0 fully saturated rings. The summed E-state index contributed by atoms with van der Waals surface area (Å²) in [6, 6.07) is 0. The van der Waals surface area contributed by atoms with Gasteiger partial charge in [0, 0.05) is 0 Å². The van der Waals surface area contributed by atoms with Crippen LogP contribution in [-0.4, -0.2) is 0 Å². The van der Waals surface area contributed by atoms with Crippen LogP contribution in [0.15, 0.2) is 46.6 Å². The summed E-state index contributed by atoms with van der Waals surface area (Å²) in [4.78, 5) is 0. The second kappa shape index (κ2) is 7.81. The second-order valence-electron chi connectivity index (χ2n) is 6.97. The van der Waals surface area contributed by atoms with Gasteiger partial charge in [-0.05, 0) is 0 Å². The van der Waals surface area contributed by atoms with Crippen molar-refractivity contribution in [1.29, 1.82) is 0 Å². The molecule has 0 nitrogen and oxygen atoms in total. The molecule has 126 valence electrons. The van der Waals surface area contributed by atoms with Gasteiger partial charge in [-0.2, -0.15) is 0 Å². The van der Waals surface area contributed by atoms with Crippen molar-refractivity contribution in [2.75, 3.05) is 0 Å². The van der Waals surface area contributed by atoms with Crippen molar-refractivity contribution in [3.63, 3.8) is 0 Å². The van der Waals surface area contributed by atoms with Crippen LogP contribution in [0.2, 0.25) is 6.34 Å². The first-order valence-corrected chi connectivity index (χ1v) is 13.3. The van der Waals surface area contributed by atoms with Crippen molar-refractivity contribution >= 4 is 0 Å². The molecule has 0 saturated carbocycles. The first-order valence-electron chi connectivity index (χ1n) is 9.67. The van der Waals surface area contributed by atoms with E-state index in [2.05, 4.69) is 65.8 Å². The molecule has 0 bridgehead atoms. The van der Waals surface area contributed by atoms with Crippen LogP contribution in [0, 0.1) is 0 Å². The van der Waals surface area contributed by atoms with E-state index in [1.54, 1.807) is 22.3 Å². The van der Waals surface area contributed by atoms with Crippen LogP contribution in [0.5, 0.6) is 0 Å². The Morgan fingerprint density at radius 1 is 0.652 bits per heavy atom. The molecule has 1 heteroatoms. The predicted octanol–water partition coefficient (Wildman–Crippen LogP) is 7.58. The Labute approximate surface area is 155 Å². The monoisotopic (exact) mass is 478 g/mol. The Morgan fingerprint density at radius 2 is 1.04 bits per heavy atom. The predicted molar refractivity (Wildman–Crippen MR) is 99.5 cm³/mol. The fourth-order valence-electron chi connectivity index (χ4n) is 4.32. The molecule has 0 saturated heterocycles. The minimum atomic E-state index is -0.978. The van der Waals surface area contributed by atoms with Gasteiger partial charge in [-0.25, -0.2) is 0 Å². The summed E-state index contributed by atoms with van der Waals surface area (Å²) < 4.78 is 0.952. The van der Waals surface area contributed by atoms with Crippen molar-refractivity contribution < 1.29 is 22.9 Å². The van der Waals surface area contributed by atoms with Crippen LogP contribution >= 0.6 is 0 Å². The zero-order valence-corrected chi connectivity index (χ0v) is 19.6.